The number of unbranched alkanes of at least 4 members (excludes halogenated alkanes) is 1. The molecule has 0 saturated carbocycles. The van der Waals surface area contributed by atoms with Gasteiger partial charge in [-0.1, -0.05) is 23.2 Å². The SMILES string of the molecule is NCCCCSc1cc(Cl)ccc1Cl. The molecule has 4 heteroatoms. The van der Waals surface area contributed by atoms with Crippen LogP contribution in [0.25, 0.3) is 0 Å². The molecule has 0 atom stereocenters. The molecule has 0 aliphatic rings. The van der Waals surface area contributed by atoms with Gasteiger partial charge >= 0.3 is 0 Å². The highest BCUT2D eigenvalue weighted by Crippen LogP contribution is 2.30. The Balaban J connectivity index is 2.45. The lowest BCUT2D eigenvalue weighted by molar-refractivity contribution is 0.814. The maximum absolute atomic E-state index is 6.00. The third-order valence-electron chi connectivity index (χ3n) is 1.75. The van der Waals surface area contributed by atoms with E-state index in [1.54, 1.807) is 17.8 Å². The predicted molar refractivity (Wildman–Crippen MR) is 65.5 cm³/mol. The Morgan fingerprint density at radius 1 is 1.21 bits per heavy atom. The van der Waals surface area contributed by atoms with Crippen molar-refractivity contribution in [2.24, 2.45) is 5.73 Å². The van der Waals surface area contributed by atoms with Gasteiger partial charge in [0.15, 0.2) is 0 Å². The van der Waals surface area contributed by atoms with Crippen LogP contribution in [0.1, 0.15) is 12.8 Å². The molecule has 0 saturated heterocycles. The fraction of sp³-hybridized carbons (Fsp3) is 0.400. The van der Waals surface area contributed by atoms with Gasteiger partial charge in [0.2, 0.25) is 0 Å². The Morgan fingerprint density at radius 2 is 2.00 bits per heavy atom. The first-order valence-electron chi connectivity index (χ1n) is 4.52. The highest BCUT2D eigenvalue weighted by Gasteiger charge is 2.01. The summed E-state index contributed by atoms with van der Waals surface area (Å²) in [7, 11) is 0. The zero-order valence-corrected chi connectivity index (χ0v) is 10.1. The second kappa shape index (κ2) is 6.57. The molecular weight excluding hydrogens is 237 g/mol. The number of rotatable bonds is 5. The molecule has 2 N–H and O–H groups in total. The van der Waals surface area contributed by atoms with Crippen LogP contribution in [0, 0.1) is 0 Å². The quantitative estimate of drug-likeness (QED) is 0.635. The third-order valence-corrected chi connectivity index (χ3v) is 3.57. The van der Waals surface area contributed by atoms with Crippen molar-refractivity contribution in [1.29, 1.82) is 0 Å². The molecule has 0 fully saturated rings. The van der Waals surface area contributed by atoms with Crippen molar-refractivity contribution in [2.75, 3.05) is 12.3 Å². The Kier molecular flexibility index (Phi) is 5.71. The van der Waals surface area contributed by atoms with E-state index in [1.165, 1.54) is 0 Å². The smallest absolute Gasteiger partial charge is 0.0542 e. The Hall–Kier alpha value is 0.110. The van der Waals surface area contributed by atoms with Crippen LogP contribution in [-0.4, -0.2) is 12.3 Å². The third kappa shape index (κ3) is 4.09. The molecule has 1 aromatic rings. The molecule has 0 unspecified atom stereocenters. The maximum Gasteiger partial charge on any atom is 0.0542 e. The van der Waals surface area contributed by atoms with E-state index >= 15 is 0 Å². The van der Waals surface area contributed by atoms with Gasteiger partial charge in [-0.25, -0.2) is 0 Å². The van der Waals surface area contributed by atoms with E-state index < -0.39 is 0 Å². The topological polar surface area (TPSA) is 26.0 Å². The maximum atomic E-state index is 6.00. The van der Waals surface area contributed by atoms with Gasteiger partial charge in [0.25, 0.3) is 0 Å². The number of hydrogen-bond acceptors (Lipinski definition) is 2. The van der Waals surface area contributed by atoms with Gasteiger partial charge < -0.3 is 5.73 Å². The highest BCUT2D eigenvalue weighted by atomic mass is 35.5. The Labute approximate surface area is 99.0 Å². The predicted octanol–water partition coefficient (Wildman–Crippen LogP) is 3.82. The van der Waals surface area contributed by atoms with E-state index in [0.29, 0.717) is 0 Å². The van der Waals surface area contributed by atoms with Crippen LogP contribution >= 0.6 is 35.0 Å². The van der Waals surface area contributed by atoms with E-state index in [0.717, 1.165) is 40.1 Å². The van der Waals surface area contributed by atoms with Gasteiger partial charge in [-0.05, 0) is 43.3 Å². The summed E-state index contributed by atoms with van der Waals surface area (Å²) >= 11 is 13.6. The second-order valence-electron chi connectivity index (χ2n) is 2.92. The molecule has 0 amide bonds. The molecule has 1 nitrogen and oxygen atoms in total. The summed E-state index contributed by atoms with van der Waals surface area (Å²) in [5, 5.41) is 1.50. The van der Waals surface area contributed by atoms with Crippen LogP contribution < -0.4 is 5.73 Å². The first-order chi connectivity index (χ1) is 6.74. The lowest BCUT2D eigenvalue weighted by Gasteiger charge is -2.03. The van der Waals surface area contributed by atoms with E-state index in [9.17, 15) is 0 Å². The number of halogens is 2. The first-order valence-corrected chi connectivity index (χ1v) is 6.26. The van der Waals surface area contributed by atoms with Crippen LogP contribution in [0.4, 0.5) is 0 Å². The Bertz CT molecular complexity index is 291. The highest BCUT2D eigenvalue weighted by molar-refractivity contribution is 7.99. The summed E-state index contributed by atoms with van der Waals surface area (Å²) in [6.45, 7) is 0.754. The molecule has 0 spiro atoms. The van der Waals surface area contributed by atoms with Crippen LogP contribution in [0.2, 0.25) is 10.0 Å². The summed E-state index contributed by atoms with van der Waals surface area (Å²) in [4.78, 5) is 1.05. The summed E-state index contributed by atoms with van der Waals surface area (Å²) in [6.07, 6.45) is 2.18. The molecular formula is C10H13Cl2NS. The van der Waals surface area contributed by atoms with E-state index in [1.807, 2.05) is 12.1 Å². The summed E-state index contributed by atoms with van der Waals surface area (Å²) in [5.74, 6) is 1.04. The molecule has 0 radical (unpaired) electrons. The van der Waals surface area contributed by atoms with Crippen LogP contribution in [0.15, 0.2) is 23.1 Å². The van der Waals surface area contributed by atoms with Crippen molar-refractivity contribution in [3.63, 3.8) is 0 Å². The zero-order chi connectivity index (χ0) is 10.4. The molecule has 0 heterocycles. The normalized spacial score (nSPS) is 10.5. The van der Waals surface area contributed by atoms with E-state index in [2.05, 4.69) is 0 Å². The van der Waals surface area contributed by atoms with Crippen molar-refractivity contribution in [1.82, 2.24) is 0 Å². The van der Waals surface area contributed by atoms with Crippen molar-refractivity contribution < 1.29 is 0 Å². The van der Waals surface area contributed by atoms with Crippen LogP contribution in [0.3, 0.4) is 0 Å². The van der Waals surface area contributed by atoms with E-state index in [-0.39, 0.29) is 0 Å². The number of benzene rings is 1. The van der Waals surface area contributed by atoms with Crippen molar-refractivity contribution >= 4 is 35.0 Å². The number of thioether (sulfide) groups is 1. The second-order valence-corrected chi connectivity index (χ2v) is 4.90. The van der Waals surface area contributed by atoms with Gasteiger partial charge in [-0.15, -0.1) is 11.8 Å². The molecule has 78 valence electrons. The monoisotopic (exact) mass is 249 g/mol. The van der Waals surface area contributed by atoms with E-state index in [4.69, 9.17) is 28.9 Å². The van der Waals surface area contributed by atoms with Crippen molar-refractivity contribution in [3.05, 3.63) is 28.2 Å². The lowest BCUT2D eigenvalue weighted by Crippen LogP contribution is -1.98. The standard InChI is InChI=1S/C10H13Cl2NS/c11-8-3-4-9(12)10(7-8)14-6-2-1-5-13/h3-4,7H,1-2,5-6,13H2. The molecule has 0 bridgehead atoms. The molecule has 14 heavy (non-hydrogen) atoms. The van der Waals surface area contributed by atoms with Gasteiger partial charge in [0, 0.05) is 9.92 Å². The minimum atomic E-state index is 0.732. The molecule has 1 rings (SSSR count). The molecule has 0 aromatic heterocycles. The average molecular weight is 250 g/mol. The van der Waals surface area contributed by atoms with Gasteiger partial charge in [0.1, 0.15) is 0 Å². The van der Waals surface area contributed by atoms with Gasteiger partial charge in [0.05, 0.1) is 5.02 Å². The fourth-order valence-corrected chi connectivity index (χ4v) is 2.52. The summed E-state index contributed by atoms with van der Waals surface area (Å²) < 4.78 is 0. The summed E-state index contributed by atoms with van der Waals surface area (Å²) in [6, 6.07) is 5.53. The fourth-order valence-electron chi connectivity index (χ4n) is 1.02. The summed E-state index contributed by atoms with van der Waals surface area (Å²) in [5.41, 5.74) is 5.41. The number of hydrogen-bond donors (Lipinski definition) is 1. The molecule has 0 aliphatic carbocycles. The Morgan fingerprint density at radius 3 is 2.71 bits per heavy atom. The van der Waals surface area contributed by atoms with Crippen molar-refractivity contribution in [2.45, 2.75) is 17.7 Å². The number of nitrogens with two attached hydrogens (primary N) is 1. The van der Waals surface area contributed by atoms with Crippen LogP contribution in [0.5, 0.6) is 0 Å². The minimum Gasteiger partial charge on any atom is -0.330 e. The lowest BCUT2D eigenvalue weighted by atomic mass is 10.3. The molecule has 1 aromatic carbocycles. The van der Waals surface area contributed by atoms with Crippen molar-refractivity contribution in [3.8, 4) is 0 Å². The largest absolute Gasteiger partial charge is 0.330 e. The molecule has 0 aliphatic heterocycles. The van der Waals surface area contributed by atoms with Gasteiger partial charge in [-0.2, -0.15) is 0 Å². The van der Waals surface area contributed by atoms with Gasteiger partial charge in [-0.3, -0.25) is 0 Å². The first kappa shape index (κ1) is 12.2. The average Bonchev–Trinajstić information content (AvgIpc) is 2.18. The minimum absolute atomic E-state index is 0.732. The van der Waals surface area contributed by atoms with Crippen LogP contribution in [-0.2, 0) is 0 Å². The zero-order valence-electron chi connectivity index (χ0n) is 7.80.